The summed E-state index contributed by atoms with van der Waals surface area (Å²) in [6.07, 6.45) is 1.64. The van der Waals surface area contributed by atoms with Crippen molar-refractivity contribution in [3.8, 4) is 0 Å². The number of aromatic nitrogens is 1. The van der Waals surface area contributed by atoms with E-state index in [4.69, 9.17) is 11.6 Å². The van der Waals surface area contributed by atoms with Gasteiger partial charge >= 0.3 is 0 Å². The normalized spacial score (nSPS) is 10.2. The third-order valence-corrected chi connectivity index (χ3v) is 4.00. The van der Waals surface area contributed by atoms with Crippen LogP contribution >= 0.6 is 34.2 Å². The van der Waals surface area contributed by atoms with Gasteiger partial charge in [-0.1, -0.05) is 17.7 Å². The van der Waals surface area contributed by atoms with E-state index < -0.39 is 0 Å². The molecule has 2 rings (SSSR count). The molecule has 1 amide bonds. The van der Waals surface area contributed by atoms with Crippen LogP contribution in [0.5, 0.6) is 0 Å². The van der Waals surface area contributed by atoms with Crippen molar-refractivity contribution in [2.24, 2.45) is 0 Å². The number of nitrogens with one attached hydrogen (secondary N) is 1. The summed E-state index contributed by atoms with van der Waals surface area (Å²) in [6, 6.07) is 8.91. The van der Waals surface area contributed by atoms with Gasteiger partial charge < -0.3 is 5.32 Å². The number of carbonyl (C=O) groups excluding carboxylic acids is 1. The van der Waals surface area contributed by atoms with Gasteiger partial charge in [-0.3, -0.25) is 4.79 Å². The van der Waals surface area contributed by atoms with Gasteiger partial charge in [0.1, 0.15) is 5.82 Å². The van der Waals surface area contributed by atoms with E-state index >= 15 is 0 Å². The van der Waals surface area contributed by atoms with E-state index in [0.717, 1.165) is 9.13 Å². The highest BCUT2D eigenvalue weighted by atomic mass is 127. The average molecular weight is 373 g/mol. The van der Waals surface area contributed by atoms with Crippen LogP contribution in [0.4, 0.5) is 5.82 Å². The molecular formula is C13H10ClIN2O. The minimum atomic E-state index is -0.213. The highest BCUT2D eigenvalue weighted by molar-refractivity contribution is 14.1. The van der Waals surface area contributed by atoms with Crippen molar-refractivity contribution in [3.05, 3.63) is 56.2 Å². The van der Waals surface area contributed by atoms with Crippen LogP contribution in [0.2, 0.25) is 5.02 Å². The van der Waals surface area contributed by atoms with Crippen LogP contribution < -0.4 is 5.32 Å². The monoisotopic (exact) mass is 372 g/mol. The minimum absolute atomic E-state index is 0.213. The smallest absolute Gasteiger partial charge is 0.256 e. The maximum atomic E-state index is 12.0. The quantitative estimate of drug-likeness (QED) is 0.813. The van der Waals surface area contributed by atoms with Crippen molar-refractivity contribution in [2.45, 2.75) is 6.92 Å². The predicted molar refractivity (Wildman–Crippen MR) is 81.1 cm³/mol. The van der Waals surface area contributed by atoms with E-state index in [1.165, 1.54) is 0 Å². The second kappa shape index (κ2) is 5.67. The standard InChI is InChI=1S/C13H10ClIN2O/c1-8-3-2-6-16-12(8)17-13(18)9-4-5-11(15)10(14)7-9/h2-7H,1H3,(H,16,17,18). The van der Waals surface area contributed by atoms with Gasteiger partial charge in [-0.05, 0) is 59.3 Å². The molecule has 1 aromatic carbocycles. The van der Waals surface area contributed by atoms with Gasteiger partial charge in [0.05, 0.1) is 5.02 Å². The molecule has 18 heavy (non-hydrogen) atoms. The van der Waals surface area contributed by atoms with Gasteiger partial charge in [-0.25, -0.2) is 4.98 Å². The van der Waals surface area contributed by atoms with Crippen molar-refractivity contribution in [1.82, 2.24) is 4.98 Å². The van der Waals surface area contributed by atoms with Crippen LogP contribution in [0.25, 0.3) is 0 Å². The number of hydrogen-bond donors (Lipinski definition) is 1. The second-order valence-corrected chi connectivity index (χ2v) is 5.32. The maximum absolute atomic E-state index is 12.0. The van der Waals surface area contributed by atoms with Crippen LogP contribution in [-0.4, -0.2) is 10.9 Å². The van der Waals surface area contributed by atoms with Crippen LogP contribution in [0.3, 0.4) is 0 Å². The Balaban J connectivity index is 2.22. The third-order valence-electron chi connectivity index (χ3n) is 2.42. The first-order chi connectivity index (χ1) is 8.58. The van der Waals surface area contributed by atoms with Gasteiger partial charge in [0.25, 0.3) is 5.91 Å². The number of pyridine rings is 1. The Morgan fingerprint density at radius 1 is 1.39 bits per heavy atom. The van der Waals surface area contributed by atoms with Crippen LogP contribution in [0.15, 0.2) is 36.5 Å². The molecule has 0 saturated heterocycles. The lowest BCUT2D eigenvalue weighted by atomic mass is 10.2. The second-order valence-electron chi connectivity index (χ2n) is 3.75. The van der Waals surface area contributed by atoms with E-state index in [-0.39, 0.29) is 5.91 Å². The van der Waals surface area contributed by atoms with Gasteiger partial charge in [-0.15, -0.1) is 0 Å². The molecule has 5 heteroatoms. The Morgan fingerprint density at radius 3 is 2.83 bits per heavy atom. The number of aryl methyl sites for hydroxylation is 1. The zero-order chi connectivity index (χ0) is 13.1. The molecule has 0 aliphatic carbocycles. The molecule has 3 nitrogen and oxygen atoms in total. The number of carbonyl (C=O) groups is 1. The fourth-order valence-corrected chi connectivity index (χ4v) is 1.95. The fraction of sp³-hybridized carbons (Fsp3) is 0.0769. The van der Waals surface area contributed by atoms with Gasteiger partial charge in [-0.2, -0.15) is 0 Å². The molecule has 0 saturated carbocycles. The molecular weight excluding hydrogens is 363 g/mol. The summed E-state index contributed by atoms with van der Waals surface area (Å²) in [5, 5.41) is 3.33. The summed E-state index contributed by atoms with van der Waals surface area (Å²) in [7, 11) is 0. The number of anilines is 1. The number of benzene rings is 1. The summed E-state index contributed by atoms with van der Waals surface area (Å²) in [5.41, 5.74) is 1.44. The topological polar surface area (TPSA) is 42.0 Å². The van der Waals surface area contributed by atoms with E-state index in [2.05, 4.69) is 32.9 Å². The zero-order valence-electron chi connectivity index (χ0n) is 9.58. The SMILES string of the molecule is Cc1cccnc1NC(=O)c1ccc(I)c(Cl)c1. The molecule has 92 valence electrons. The van der Waals surface area contributed by atoms with Crippen molar-refractivity contribution in [1.29, 1.82) is 0 Å². The number of amides is 1. The van der Waals surface area contributed by atoms with E-state index in [1.807, 2.05) is 25.1 Å². The third kappa shape index (κ3) is 3.00. The molecule has 0 fully saturated rings. The Labute approximate surface area is 124 Å². The van der Waals surface area contributed by atoms with Crippen molar-refractivity contribution in [2.75, 3.05) is 5.32 Å². The van der Waals surface area contributed by atoms with E-state index in [1.54, 1.807) is 18.3 Å². The Morgan fingerprint density at radius 2 is 2.17 bits per heavy atom. The predicted octanol–water partition coefficient (Wildman–Crippen LogP) is 3.90. The number of nitrogens with zero attached hydrogens (tertiary/aromatic N) is 1. The summed E-state index contributed by atoms with van der Waals surface area (Å²) in [5.74, 6) is 0.354. The lowest BCUT2D eigenvalue weighted by molar-refractivity contribution is 0.102. The van der Waals surface area contributed by atoms with Crippen molar-refractivity contribution in [3.63, 3.8) is 0 Å². The summed E-state index contributed by atoms with van der Waals surface area (Å²) < 4.78 is 0.917. The Hall–Kier alpha value is -1.14. The highest BCUT2D eigenvalue weighted by Crippen LogP contribution is 2.20. The lowest BCUT2D eigenvalue weighted by Crippen LogP contribution is -2.13. The first-order valence-electron chi connectivity index (χ1n) is 5.26. The van der Waals surface area contributed by atoms with Gasteiger partial charge in [0.2, 0.25) is 0 Å². The lowest BCUT2D eigenvalue weighted by Gasteiger charge is -2.07. The molecule has 0 atom stereocenters. The summed E-state index contributed by atoms with van der Waals surface area (Å²) >= 11 is 8.11. The first kappa shape index (κ1) is 13.3. The average Bonchev–Trinajstić information content (AvgIpc) is 2.35. The molecule has 1 heterocycles. The highest BCUT2D eigenvalue weighted by Gasteiger charge is 2.09. The van der Waals surface area contributed by atoms with Gasteiger partial charge in [0.15, 0.2) is 0 Å². The summed E-state index contributed by atoms with van der Waals surface area (Å²) in [4.78, 5) is 16.1. The zero-order valence-corrected chi connectivity index (χ0v) is 12.5. The van der Waals surface area contributed by atoms with Crippen LogP contribution in [-0.2, 0) is 0 Å². The molecule has 0 spiro atoms. The summed E-state index contributed by atoms with van der Waals surface area (Å²) in [6.45, 7) is 1.89. The molecule has 0 aliphatic heterocycles. The molecule has 0 aliphatic rings. The van der Waals surface area contributed by atoms with E-state index in [9.17, 15) is 4.79 Å². The largest absolute Gasteiger partial charge is 0.306 e. The Kier molecular flexibility index (Phi) is 4.19. The first-order valence-corrected chi connectivity index (χ1v) is 6.71. The molecule has 2 aromatic rings. The minimum Gasteiger partial charge on any atom is -0.306 e. The number of halogens is 2. The molecule has 1 N–H and O–H groups in total. The molecule has 0 bridgehead atoms. The van der Waals surface area contributed by atoms with Gasteiger partial charge in [0, 0.05) is 15.3 Å². The molecule has 0 radical (unpaired) electrons. The maximum Gasteiger partial charge on any atom is 0.256 e. The molecule has 1 aromatic heterocycles. The van der Waals surface area contributed by atoms with E-state index in [0.29, 0.717) is 16.4 Å². The number of hydrogen-bond acceptors (Lipinski definition) is 2. The fourth-order valence-electron chi connectivity index (χ4n) is 1.43. The molecule has 0 unspecified atom stereocenters. The van der Waals surface area contributed by atoms with Crippen LogP contribution in [0, 0.1) is 10.5 Å². The van der Waals surface area contributed by atoms with Crippen molar-refractivity contribution >= 4 is 45.9 Å². The Bertz CT molecular complexity index is 601. The van der Waals surface area contributed by atoms with Crippen LogP contribution in [0.1, 0.15) is 15.9 Å². The van der Waals surface area contributed by atoms with Crippen molar-refractivity contribution < 1.29 is 4.79 Å². The number of rotatable bonds is 2.